The van der Waals surface area contributed by atoms with Crippen LogP contribution in [0.15, 0.2) is 18.2 Å². The van der Waals surface area contributed by atoms with E-state index in [1.165, 1.54) is 11.1 Å². The molecule has 0 aliphatic rings. The van der Waals surface area contributed by atoms with Crippen LogP contribution in [0.25, 0.3) is 4.85 Å². The Balaban J connectivity index is 2.63. The van der Waals surface area contributed by atoms with Crippen molar-refractivity contribution in [2.75, 3.05) is 6.54 Å². The fraction of sp³-hybridized carbons (Fsp3) is 0.333. The third kappa shape index (κ3) is 3.10. The van der Waals surface area contributed by atoms with Gasteiger partial charge in [0.1, 0.15) is 0 Å². The SMILES string of the molecule is [C-]#[N+]CC(=O)NCc1cccc(C)c1C. The minimum absolute atomic E-state index is 0.0924. The van der Waals surface area contributed by atoms with Crippen molar-refractivity contribution >= 4 is 5.91 Å². The van der Waals surface area contributed by atoms with E-state index in [2.05, 4.69) is 10.2 Å². The number of benzene rings is 1. The Hall–Kier alpha value is -1.82. The molecule has 1 N–H and O–H groups in total. The summed E-state index contributed by atoms with van der Waals surface area (Å²) in [5.74, 6) is -0.217. The topological polar surface area (TPSA) is 33.5 Å². The maximum Gasteiger partial charge on any atom is 0.300 e. The van der Waals surface area contributed by atoms with Crippen LogP contribution in [-0.2, 0) is 11.3 Å². The van der Waals surface area contributed by atoms with Gasteiger partial charge in [0.05, 0.1) is 0 Å². The van der Waals surface area contributed by atoms with E-state index in [0.717, 1.165) is 5.56 Å². The number of rotatable bonds is 3. The van der Waals surface area contributed by atoms with E-state index < -0.39 is 0 Å². The molecule has 0 atom stereocenters. The summed E-state index contributed by atoms with van der Waals surface area (Å²) in [7, 11) is 0. The predicted octanol–water partition coefficient (Wildman–Crippen LogP) is 1.84. The van der Waals surface area contributed by atoms with Crippen LogP contribution >= 0.6 is 0 Å². The molecule has 0 spiro atoms. The summed E-state index contributed by atoms with van der Waals surface area (Å²) in [6.07, 6.45) is 0. The molecule has 0 radical (unpaired) electrons. The van der Waals surface area contributed by atoms with Crippen molar-refractivity contribution < 1.29 is 4.79 Å². The van der Waals surface area contributed by atoms with E-state index in [1.54, 1.807) is 0 Å². The number of nitrogens with zero attached hydrogens (tertiary/aromatic N) is 1. The van der Waals surface area contributed by atoms with Crippen LogP contribution in [0.1, 0.15) is 16.7 Å². The highest BCUT2D eigenvalue weighted by Crippen LogP contribution is 2.11. The Bertz CT molecular complexity index is 405. The number of nitrogens with one attached hydrogen (secondary N) is 1. The molecule has 0 fully saturated rings. The Morgan fingerprint density at radius 1 is 1.47 bits per heavy atom. The molecule has 3 heteroatoms. The maximum absolute atomic E-state index is 11.1. The summed E-state index contributed by atoms with van der Waals surface area (Å²) >= 11 is 0. The number of carbonyl (C=O) groups excluding carboxylic acids is 1. The van der Waals surface area contributed by atoms with Crippen molar-refractivity contribution in [3.8, 4) is 0 Å². The van der Waals surface area contributed by atoms with Crippen molar-refractivity contribution in [2.45, 2.75) is 20.4 Å². The molecule has 3 nitrogen and oxygen atoms in total. The zero-order chi connectivity index (χ0) is 11.3. The van der Waals surface area contributed by atoms with E-state index >= 15 is 0 Å². The Morgan fingerprint density at radius 3 is 2.87 bits per heavy atom. The molecule has 1 aromatic rings. The lowest BCUT2D eigenvalue weighted by Crippen LogP contribution is -2.24. The first-order valence-electron chi connectivity index (χ1n) is 4.80. The van der Waals surface area contributed by atoms with E-state index in [9.17, 15) is 4.79 Å². The molecule has 15 heavy (non-hydrogen) atoms. The van der Waals surface area contributed by atoms with Crippen molar-refractivity contribution in [3.05, 3.63) is 46.3 Å². The summed E-state index contributed by atoms with van der Waals surface area (Å²) in [6.45, 7) is 11.0. The molecular formula is C12H14N2O. The quantitative estimate of drug-likeness (QED) is 0.745. The van der Waals surface area contributed by atoms with Gasteiger partial charge in [0.25, 0.3) is 12.5 Å². The van der Waals surface area contributed by atoms with Gasteiger partial charge in [0.2, 0.25) is 0 Å². The van der Waals surface area contributed by atoms with E-state index in [4.69, 9.17) is 6.57 Å². The molecule has 0 aliphatic heterocycles. The van der Waals surface area contributed by atoms with Crippen molar-refractivity contribution in [3.63, 3.8) is 0 Å². The molecule has 0 unspecified atom stereocenters. The minimum atomic E-state index is -0.217. The van der Waals surface area contributed by atoms with Crippen molar-refractivity contribution in [1.29, 1.82) is 0 Å². The first kappa shape index (κ1) is 11.3. The summed E-state index contributed by atoms with van der Waals surface area (Å²) in [4.78, 5) is 14.1. The van der Waals surface area contributed by atoms with Gasteiger partial charge in [-0.2, -0.15) is 0 Å². The van der Waals surface area contributed by atoms with E-state index in [1.807, 2.05) is 32.0 Å². The minimum Gasteiger partial charge on any atom is -0.346 e. The largest absolute Gasteiger partial charge is 0.346 e. The van der Waals surface area contributed by atoms with Crippen LogP contribution in [0.5, 0.6) is 0 Å². The highest BCUT2D eigenvalue weighted by atomic mass is 16.1. The average Bonchev–Trinajstić information content (AvgIpc) is 2.21. The first-order valence-corrected chi connectivity index (χ1v) is 4.80. The lowest BCUT2D eigenvalue weighted by Gasteiger charge is -2.08. The number of hydrogen-bond donors (Lipinski definition) is 1. The molecule has 0 saturated carbocycles. The highest BCUT2D eigenvalue weighted by molar-refractivity contribution is 5.79. The first-order chi connectivity index (χ1) is 7.15. The Kier molecular flexibility index (Phi) is 3.87. The standard InChI is InChI=1S/C12H14N2O/c1-9-5-4-6-11(10(9)2)7-14-12(15)8-13-3/h4-6H,7-8H2,1-2H3,(H,14,15). The van der Waals surface area contributed by atoms with Gasteiger partial charge in [-0.05, 0) is 30.5 Å². The summed E-state index contributed by atoms with van der Waals surface area (Å²) in [5, 5.41) is 2.72. The Labute approximate surface area is 89.9 Å². The molecule has 0 heterocycles. The molecule has 1 amide bonds. The number of amides is 1. The smallest absolute Gasteiger partial charge is 0.300 e. The second-order valence-corrected chi connectivity index (χ2v) is 3.45. The molecule has 78 valence electrons. The number of carbonyl (C=O) groups is 1. The van der Waals surface area contributed by atoms with E-state index in [-0.39, 0.29) is 12.5 Å². The molecule has 1 rings (SSSR count). The zero-order valence-electron chi connectivity index (χ0n) is 9.00. The number of hydrogen-bond acceptors (Lipinski definition) is 1. The van der Waals surface area contributed by atoms with Crippen LogP contribution in [-0.4, -0.2) is 12.5 Å². The molecule has 0 aromatic heterocycles. The average molecular weight is 202 g/mol. The van der Waals surface area contributed by atoms with Crippen molar-refractivity contribution in [1.82, 2.24) is 5.32 Å². The normalized spacial score (nSPS) is 9.40. The van der Waals surface area contributed by atoms with Gasteiger partial charge < -0.3 is 10.2 Å². The molecule has 1 aromatic carbocycles. The molecular weight excluding hydrogens is 188 g/mol. The van der Waals surface area contributed by atoms with Gasteiger partial charge in [0.15, 0.2) is 0 Å². The number of aryl methyl sites for hydroxylation is 1. The second kappa shape index (κ2) is 5.16. The van der Waals surface area contributed by atoms with Crippen molar-refractivity contribution in [2.24, 2.45) is 0 Å². The fourth-order valence-corrected chi connectivity index (χ4v) is 1.32. The Morgan fingerprint density at radius 2 is 2.20 bits per heavy atom. The zero-order valence-corrected chi connectivity index (χ0v) is 9.00. The van der Waals surface area contributed by atoms with Gasteiger partial charge in [-0.15, -0.1) is 0 Å². The van der Waals surface area contributed by atoms with Gasteiger partial charge in [-0.3, -0.25) is 4.79 Å². The second-order valence-electron chi connectivity index (χ2n) is 3.45. The third-order valence-corrected chi connectivity index (χ3v) is 2.42. The van der Waals surface area contributed by atoms with Crippen LogP contribution in [0.3, 0.4) is 0 Å². The lowest BCUT2D eigenvalue weighted by molar-refractivity contribution is -0.119. The van der Waals surface area contributed by atoms with Gasteiger partial charge in [0, 0.05) is 6.54 Å². The summed E-state index contributed by atoms with van der Waals surface area (Å²) in [5.41, 5.74) is 3.51. The fourth-order valence-electron chi connectivity index (χ4n) is 1.32. The third-order valence-electron chi connectivity index (χ3n) is 2.42. The summed E-state index contributed by atoms with van der Waals surface area (Å²) in [6, 6.07) is 6.00. The molecule has 0 aliphatic carbocycles. The monoisotopic (exact) mass is 202 g/mol. The van der Waals surface area contributed by atoms with Crippen LogP contribution in [0.2, 0.25) is 0 Å². The van der Waals surface area contributed by atoms with Crippen LogP contribution < -0.4 is 5.32 Å². The molecule has 0 bridgehead atoms. The van der Waals surface area contributed by atoms with Gasteiger partial charge >= 0.3 is 0 Å². The van der Waals surface area contributed by atoms with Gasteiger partial charge in [-0.1, -0.05) is 18.2 Å². The predicted molar refractivity (Wildman–Crippen MR) is 59.2 cm³/mol. The lowest BCUT2D eigenvalue weighted by atomic mass is 10.0. The van der Waals surface area contributed by atoms with Crippen LogP contribution in [0, 0.1) is 20.4 Å². The highest BCUT2D eigenvalue weighted by Gasteiger charge is 2.05. The summed E-state index contributed by atoms with van der Waals surface area (Å²) < 4.78 is 0. The van der Waals surface area contributed by atoms with Crippen LogP contribution in [0.4, 0.5) is 0 Å². The van der Waals surface area contributed by atoms with Gasteiger partial charge in [-0.25, -0.2) is 6.57 Å². The molecule has 0 saturated heterocycles. The maximum atomic E-state index is 11.1. The van der Waals surface area contributed by atoms with E-state index in [0.29, 0.717) is 6.54 Å².